The Kier molecular flexibility index (Phi) is 7.27. The van der Waals surface area contributed by atoms with Crippen LogP contribution in [0.4, 0.5) is 8.78 Å². The van der Waals surface area contributed by atoms with Gasteiger partial charge in [0, 0.05) is 19.2 Å². The van der Waals surface area contributed by atoms with Crippen LogP contribution in [0.2, 0.25) is 0 Å². The highest BCUT2D eigenvalue weighted by Crippen LogP contribution is 2.13. The van der Waals surface area contributed by atoms with Crippen LogP contribution >= 0.6 is 0 Å². The highest BCUT2D eigenvalue weighted by atomic mass is 19.1. The first-order valence-electron chi connectivity index (χ1n) is 8.05. The van der Waals surface area contributed by atoms with Gasteiger partial charge in [0.1, 0.15) is 11.6 Å². The van der Waals surface area contributed by atoms with Gasteiger partial charge in [-0.1, -0.05) is 0 Å². The van der Waals surface area contributed by atoms with E-state index in [-0.39, 0.29) is 18.2 Å². The summed E-state index contributed by atoms with van der Waals surface area (Å²) in [5.74, 6) is -2.70. The molecule has 0 aromatic heterocycles. The van der Waals surface area contributed by atoms with Crippen molar-refractivity contribution in [2.45, 2.75) is 38.5 Å². The van der Waals surface area contributed by atoms with Crippen molar-refractivity contribution in [2.75, 3.05) is 19.8 Å². The standard InChI is InChI=1S/C17H21F2NO5/c1-11(24-9-15-3-2-4-23-15)17(22)25-10-16(21)20-8-12-5-13(18)7-14(19)6-12/h5-7,11,15H,2-4,8-10H2,1H3,(H,20,21). The lowest BCUT2D eigenvalue weighted by atomic mass is 10.2. The van der Waals surface area contributed by atoms with Crippen molar-refractivity contribution in [3.8, 4) is 0 Å². The van der Waals surface area contributed by atoms with Crippen LogP contribution < -0.4 is 5.32 Å². The number of esters is 1. The van der Waals surface area contributed by atoms with Gasteiger partial charge in [-0.3, -0.25) is 4.79 Å². The van der Waals surface area contributed by atoms with Crippen molar-refractivity contribution in [3.63, 3.8) is 0 Å². The van der Waals surface area contributed by atoms with Crippen LogP contribution in [-0.2, 0) is 30.3 Å². The van der Waals surface area contributed by atoms with E-state index in [9.17, 15) is 18.4 Å². The summed E-state index contributed by atoms with van der Waals surface area (Å²) in [6, 6.07) is 2.96. The molecule has 1 aliphatic rings. The summed E-state index contributed by atoms with van der Waals surface area (Å²) in [5, 5.41) is 2.41. The minimum Gasteiger partial charge on any atom is -0.454 e. The number of hydrogen-bond donors (Lipinski definition) is 1. The molecular weight excluding hydrogens is 336 g/mol. The fourth-order valence-corrected chi connectivity index (χ4v) is 2.31. The molecule has 0 saturated carbocycles. The fourth-order valence-electron chi connectivity index (χ4n) is 2.31. The Morgan fingerprint density at radius 2 is 2.04 bits per heavy atom. The third-order valence-corrected chi connectivity index (χ3v) is 3.65. The summed E-state index contributed by atoms with van der Waals surface area (Å²) in [5.41, 5.74) is 0.269. The molecular formula is C17H21F2NO5. The smallest absolute Gasteiger partial charge is 0.335 e. The molecule has 1 aliphatic heterocycles. The van der Waals surface area contributed by atoms with Crippen LogP contribution in [-0.4, -0.2) is 43.9 Å². The Morgan fingerprint density at radius 3 is 2.68 bits per heavy atom. The summed E-state index contributed by atoms with van der Waals surface area (Å²) in [7, 11) is 0. The Bertz CT molecular complexity index is 584. The maximum atomic E-state index is 13.0. The first-order valence-corrected chi connectivity index (χ1v) is 8.05. The number of halogens is 2. The quantitative estimate of drug-likeness (QED) is 0.717. The summed E-state index contributed by atoms with van der Waals surface area (Å²) in [4.78, 5) is 23.4. The molecule has 1 heterocycles. The van der Waals surface area contributed by atoms with E-state index in [1.165, 1.54) is 6.92 Å². The summed E-state index contributed by atoms with van der Waals surface area (Å²) in [6.07, 6.45) is 1.05. The van der Waals surface area contributed by atoms with Gasteiger partial charge in [0.15, 0.2) is 12.7 Å². The first kappa shape index (κ1) is 19.3. The zero-order valence-corrected chi connectivity index (χ0v) is 13.9. The number of amides is 1. The number of carbonyl (C=O) groups is 2. The molecule has 1 N–H and O–H groups in total. The Labute approximate surface area is 144 Å². The van der Waals surface area contributed by atoms with Gasteiger partial charge in [0.25, 0.3) is 5.91 Å². The number of benzene rings is 1. The molecule has 25 heavy (non-hydrogen) atoms. The molecule has 0 spiro atoms. The van der Waals surface area contributed by atoms with Gasteiger partial charge in [-0.15, -0.1) is 0 Å². The molecule has 1 amide bonds. The average molecular weight is 357 g/mol. The van der Waals surface area contributed by atoms with E-state index < -0.39 is 36.2 Å². The normalized spacial score (nSPS) is 18.0. The number of ether oxygens (including phenoxy) is 3. The fraction of sp³-hybridized carbons (Fsp3) is 0.529. The molecule has 1 aromatic carbocycles. The lowest BCUT2D eigenvalue weighted by molar-refractivity contribution is -0.160. The van der Waals surface area contributed by atoms with Crippen molar-refractivity contribution in [1.82, 2.24) is 5.32 Å². The predicted molar refractivity (Wildman–Crippen MR) is 83.6 cm³/mol. The van der Waals surface area contributed by atoms with Crippen LogP contribution in [0.25, 0.3) is 0 Å². The van der Waals surface area contributed by atoms with Crippen molar-refractivity contribution < 1.29 is 32.6 Å². The summed E-state index contributed by atoms with van der Waals surface area (Å²) >= 11 is 0. The molecule has 138 valence electrons. The van der Waals surface area contributed by atoms with Gasteiger partial charge >= 0.3 is 5.97 Å². The van der Waals surface area contributed by atoms with Crippen molar-refractivity contribution >= 4 is 11.9 Å². The van der Waals surface area contributed by atoms with Crippen molar-refractivity contribution in [3.05, 3.63) is 35.4 Å². The molecule has 2 atom stereocenters. The van der Waals surface area contributed by atoms with Crippen LogP contribution in [0.5, 0.6) is 0 Å². The highest BCUT2D eigenvalue weighted by Gasteiger charge is 2.21. The molecule has 0 bridgehead atoms. The van der Waals surface area contributed by atoms with Crippen molar-refractivity contribution in [2.24, 2.45) is 0 Å². The van der Waals surface area contributed by atoms with Crippen LogP contribution in [0.15, 0.2) is 18.2 Å². The van der Waals surface area contributed by atoms with E-state index in [1.807, 2.05) is 0 Å². The minimum atomic E-state index is -0.811. The van der Waals surface area contributed by atoms with Crippen LogP contribution in [0.1, 0.15) is 25.3 Å². The number of carbonyl (C=O) groups excluding carboxylic acids is 2. The molecule has 0 aliphatic carbocycles. The van der Waals surface area contributed by atoms with Gasteiger partial charge in [-0.05, 0) is 37.5 Å². The van der Waals surface area contributed by atoms with E-state index in [1.54, 1.807) is 0 Å². The largest absolute Gasteiger partial charge is 0.454 e. The lowest BCUT2D eigenvalue weighted by Crippen LogP contribution is -2.32. The Hall–Kier alpha value is -2.06. The van der Waals surface area contributed by atoms with E-state index >= 15 is 0 Å². The maximum Gasteiger partial charge on any atom is 0.335 e. The van der Waals surface area contributed by atoms with E-state index in [0.717, 1.165) is 31.0 Å². The maximum absolute atomic E-state index is 13.0. The first-order chi connectivity index (χ1) is 11.9. The number of rotatable bonds is 8. The van der Waals surface area contributed by atoms with Gasteiger partial charge in [0.2, 0.25) is 0 Å². The number of nitrogens with one attached hydrogen (secondary N) is 1. The van der Waals surface area contributed by atoms with Crippen LogP contribution in [0, 0.1) is 11.6 Å². The van der Waals surface area contributed by atoms with Gasteiger partial charge < -0.3 is 19.5 Å². The molecule has 0 radical (unpaired) electrons. The Morgan fingerprint density at radius 1 is 1.32 bits per heavy atom. The topological polar surface area (TPSA) is 73.9 Å². The van der Waals surface area contributed by atoms with Gasteiger partial charge in [0.05, 0.1) is 12.7 Å². The van der Waals surface area contributed by atoms with E-state index in [4.69, 9.17) is 14.2 Å². The average Bonchev–Trinajstić information content (AvgIpc) is 3.08. The SMILES string of the molecule is CC(OCC1CCCO1)C(=O)OCC(=O)NCc1cc(F)cc(F)c1. The predicted octanol–water partition coefficient (Wildman–Crippen LogP) is 1.71. The van der Waals surface area contributed by atoms with E-state index in [2.05, 4.69) is 5.32 Å². The minimum absolute atomic E-state index is 0.00906. The third kappa shape index (κ3) is 6.75. The molecule has 2 rings (SSSR count). The second-order valence-electron chi connectivity index (χ2n) is 5.77. The lowest BCUT2D eigenvalue weighted by Gasteiger charge is -2.15. The molecule has 1 saturated heterocycles. The molecule has 6 nitrogen and oxygen atoms in total. The molecule has 8 heteroatoms. The second kappa shape index (κ2) is 9.43. The number of hydrogen-bond acceptors (Lipinski definition) is 5. The molecule has 1 aromatic rings. The molecule has 2 unspecified atom stereocenters. The highest BCUT2D eigenvalue weighted by molar-refractivity contribution is 5.81. The zero-order chi connectivity index (χ0) is 18.2. The molecule has 1 fully saturated rings. The van der Waals surface area contributed by atoms with Gasteiger partial charge in [-0.2, -0.15) is 0 Å². The third-order valence-electron chi connectivity index (χ3n) is 3.65. The van der Waals surface area contributed by atoms with Crippen LogP contribution in [0.3, 0.4) is 0 Å². The summed E-state index contributed by atoms with van der Waals surface area (Å²) in [6.45, 7) is 1.96. The summed E-state index contributed by atoms with van der Waals surface area (Å²) < 4.78 is 41.7. The monoisotopic (exact) mass is 357 g/mol. The van der Waals surface area contributed by atoms with Gasteiger partial charge in [-0.25, -0.2) is 13.6 Å². The zero-order valence-electron chi connectivity index (χ0n) is 13.9. The van der Waals surface area contributed by atoms with E-state index in [0.29, 0.717) is 13.2 Å². The van der Waals surface area contributed by atoms with Crippen molar-refractivity contribution in [1.29, 1.82) is 0 Å². The Balaban J connectivity index is 1.65. The second-order valence-corrected chi connectivity index (χ2v) is 5.77.